The third-order valence-corrected chi connectivity index (χ3v) is 3.58. The van der Waals surface area contributed by atoms with Crippen LogP contribution in [0.25, 0.3) is 0 Å². The second-order valence-electron chi connectivity index (χ2n) is 5.36. The van der Waals surface area contributed by atoms with E-state index in [9.17, 15) is 22.8 Å². The highest BCUT2D eigenvalue weighted by molar-refractivity contribution is 5.87. The van der Waals surface area contributed by atoms with Crippen LogP contribution in [0.15, 0.2) is 12.1 Å². The van der Waals surface area contributed by atoms with Crippen molar-refractivity contribution in [1.82, 2.24) is 16.0 Å². The lowest BCUT2D eigenvalue weighted by Crippen LogP contribution is -2.49. The normalized spacial score (nSPS) is 18.0. The maximum absolute atomic E-state index is 13.1. The standard InChI is InChI=1S/C15H18F3N3O2/c16-10-7-9(8-11(17)13(10)18)4-6-20-15(23)21-12-3-1-2-5-19-14(12)22/h7-8,12H,1-6H2,(H,19,22)(H2,20,21,23). The Bertz CT molecular complexity index is 572. The number of benzene rings is 1. The summed E-state index contributed by atoms with van der Waals surface area (Å²) < 4.78 is 38.9. The van der Waals surface area contributed by atoms with Gasteiger partial charge in [0.1, 0.15) is 6.04 Å². The molecule has 126 valence electrons. The Morgan fingerprint density at radius 3 is 2.61 bits per heavy atom. The summed E-state index contributed by atoms with van der Waals surface area (Å²) in [5, 5.41) is 7.76. The molecule has 1 aliphatic heterocycles. The fourth-order valence-corrected chi connectivity index (χ4v) is 2.36. The zero-order chi connectivity index (χ0) is 16.8. The van der Waals surface area contributed by atoms with Crippen LogP contribution in [0.2, 0.25) is 0 Å². The van der Waals surface area contributed by atoms with Gasteiger partial charge in [-0.1, -0.05) is 0 Å². The SMILES string of the molecule is O=C(NCCc1cc(F)c(F)c(F)c1)NC1CCCCNC1=O. The Morgan fingerprint density at radius 2 is 1.91 bits per heavy atom. The lowest BCUT2D eigenvalue weighted by Gasteiger charge is -2.15. The zero-order valence-corrected chi connectivity index (χ0v) is 12.4. The third kappa shape index (κ3) is 4.87. The molecule has 1 aromatic carbocycles. The molecule has 3 amide bonds. The molecule has 1 atom stereocenters. The number of amides is 3. The molecule has 8 heteroatoms. The second-order valence-corrected chi connectivity index (χ2v) is 5.36. The van der Waals surface area contributed by atoms with E-state index in [1.165, 1.54) is 0 Å². The molecule has 0 saturated carbocycles. The highest BCUT2D eigenvalue weighted by Crippen LogP contribution is 2.13. The second kappa shape index (κ2) is 7.85. The molecule has 0 aliphatic carbocycles. The van der Waals surface area contributed by atoms with Gasteiger partial charge in [0.05, 0.1) is 0 Å². The van der Waals surface area contributed by atoms with Crippen molar-refractivity contribution in [2.75, 3.05) is 13.1 Å². The van der Waals surface area contributed by atoms with Crippen LogP contribution in [0.5, 0.6) is 0 Å². The number of hydrogen-bond donors (Lipinski definition) is 3. The lowest BCUT2D eigenvalue weighted by atomic mass is 10.1. The predicted molar refractivity (Wildman–Crippen MR) is 77.2 cm³/mol. The van der Waals surface area contributed by atoms with E-state index in [4.69, 9.17) is 0 Å². The van der Waals surface area contributed by atoms with E-state index in [-0.39, 0.29) is 24.4 Å². The number of nitrogens with one attached hydrogen (secondary N) is 3. The van der Waals surface area contributed by atoms with Crippen molar-refractivity contribution in [1.29, 1.82) is 0 Å². The van der Waals surface area contributed by atoms with Crippen molar-refractivity contribution in [2.24, 2.45) is 0 Å². The molecular weight excluding hydrogens is 311 g/mol. The monoisotopic (exact) mass is 329 g/mol. The van der Waals surface area contributed by atoms with Crippen LogP contribution in [-0.4, -0.2) is 31.1 Å². The van der Waals surface area contributed by atoms with Crippen LogP contribution in [-0.2, 0) is 11.2 Å². The van der Waals surface area contributed by atoms with Gasteiger partial charge in [-0.15, -0.1) is 0 Å². The molecule has 1 heterocycles. The molecular formula is C15H18F3N3O2. The highest BCUT2D eigenvalue weighted by Gasteiger charge is 2.22. The summed E-state index contributed by atoms with van der Waals surface area (Å²) in [4.78, 5) is 23.4. The molecule has 0 bridgehead atoms. The maximum Gasteiger partial charge on any atom is 0.315 e. The van der Waals surface area contributed by atoms with Gasteiger partial charge in [-0.3, -0.25) is 4.79 Å². The fraction of sp³-hybridized carbons (Fsp3) is 0.467. The summed E-state index contributed by atoms with van der Waals surface area (Å²) in [7, 11) is 0. The van der Waals surface area contributed by atoms with Crippen LogP contribution >= 0.6 is 0 Å². The first-order chi connectivity index (χ1) is 11.0. The van der Waals surface area contributed by atoms with E-state index < -0.39 is 29.5 Å². The van der Waals surface area contributed by atoms with Crippen molar-refractivity contribution in [3.63, 3.8) is 0 Å². The summed E-state index contributed by atoms with van der Waals surface area (Å²) in [5.74, 6) is -4.27. The van der Waals surface area contributed by atoms with Gasteiger partial charge in [-0.2, -0.15) is 0 Å². The van der Waals surface area contributed by atoms with Gasteiger partial charge in [0.25, 0.3) is 0 Å². The first-order valence-electron chi connectivity index (χ1n) is 7.43. The molecule has 1 fully saturated rings. The molecule has 23 heavy (non-hydrogen) atoms. The summed E-state index contributed by atoms with van der Waals surface area (Å²) in [6, 6.07) is 0.654. The molecule has 2 rings (SSSR count). The number of urea groups is 1. The minimum absolute atomic E-state index is 0.102. The quantitative estimate of drug-likeness (QED) is 0.735. The maximum atomic E-state index is 13.1. The first kappa shape index (κ1) is 17.1. The van der Waals surface area contributed by atoms with Crippen molar-refractivity contribution >= 4 is 11.9 Å². The van der Waals surface area contributed by atoms with Crippen LogP contribution in [0, 0.1) is 17.5 Å². The van der Waals surface area contributed by atoms with Crippen LogP contribution in [0.4, 0.5) is 18.0 Å². The summed E-state index contributed by atoms with van der Waals surface area (Å²) in [6.07, 6.45) is 2.40. The summed E-state index contributed by atoms with van der Waals surface area (Å²) >= 11 is 0. The topological polar surface area (TPSA) is 70.2 Å². The summed E-state index contributed by atoms with van der Waals surface area (Å²) in [5.41, 5.74) is 0.230. The van der Waals surface area contributed by atoms with Gasteiger partial charge >= 0.3 is 6.03 Å². The van der Waals surface area contributed by atoms with Crippen LogP contribution < -0.4 is 16.0 Å². The fourth-order valence-electron chi connectivity index (χ4n) is 2.36. The number of hydrogen-bond acceptors (Lipinski definition) is 2. The minimum Gasteiger partial charge on any atom is -0.354 e. The van der Waals surface area contributed by atoms with Crippen LogP contribution in [0.3, 0.4) is 0 Å². The number of halogens is 3. The van der Waals surface area contributed by atoms with Gasteiger partial charge in [-0.05, 0) is 43.4 Å². The van der Waals surface area contributed by atoms with E-state index in [0.29, 0.717) is 13.0 Å². The van der Waals surface area contributed by atoms with Crippen molar-refractivity contribution < 1.29 is 22.8 Å². The molecule has 0 radical (unpaired) electrons. The molecule has 3 N–H and O–H groups in total. The Kier molecular flexibility index (Phi) is 5.84. The van der Waals surface area contributed by atoms with Gasteiger partial charge < -0.3 is 16.0 Å². The number of carbonyl (C=O) groups is 2. The molecule has 0 spiro atoms. The van der Waals surface area contributed by atoms with Crippen molar-refractivity contribution in [2.45, 2.75) is 31.7 Å². The predicted octanol–water partition coefficient (Wildman–Crippen LogP) is 1.61. The van der Waals surface area contributed by atoms with E-state index in [0.717, 1.165) is 25.0 Å². The Hall–Kier alpha value is -2.25. The Balaban J connectivity index is 1.79. The largest absolute Gasteiger partial charge is 0.354 e. The summed E-state index contributed by atoms with van der Waals surface area (Å²) in [6.45, 7) is 0.699. The van der Waals surface area contributed by atoms with Gasteiger partial charge in [-0.25, -0.2) is 18.0 Å². The molecule has 1 aromatic rings. The molecule has 5 nitrogen and oxygen atoms in total. The highest BCUT2D eigenvalue weighted by atomic mass is 19.2. The first-order valence-corrected chi connectivity index (χ1v) is 7.43. The molecule has 1 unspecified atom stereocenters. The number of rotatable bonds is 4. The molecule has 1 aliphatic rings. The van der Waals surface area contributed by atoms with Gasteiger partial charge in [0.2, 0.25) is 5.91 Å². The van der Waals surface area contributed by atoms with E-state index in [1.807, 2.05) is 0 Å². The average Bonchev–Trinajstić information content (AvgIpc) is 2.70. The van der Waals surface area contributed by atoms with Crippen molar-refractivity contribution in [3.8, 4) is 0 Å². The third-order valence-electron chi connectivity index (χ3n) is 3.58. The van der Waals surface area contributed by atoms with Crippen molar-refractivity contribution in [3.05, 3.63) is 35.1 Å². The van der Waals surface area contributed by atoms with E-state index >= 15 is 0 Å². The minimum atomic E-state index is -1.51. The van der Waals surface area contributed by atoms with Gasteiger partial charge in [0, 0.05) is 13.1 Å². The smallest absolute Gasteiger partial charge is 0.315 e. The number of carbonyl (C=O) groups excluding carboxylic acids is 2. The van der Waals surface area contributed by atoms with E-state index in [1.54, 1.807) is 0 Å². The molecule has 0 aromatic heterocycles. The van der Waals surface area contributed by atoms with E-state index in [2.05, 4.69) is 16.0 Å². The van der Waals surface area contributed by atoms with Gasteiger partial charge in [0.15, 0.2) is 17.5 Å². The Morgan fingerprint density at radius 1 is 1.22 bits per heavy atom. The zero-order valence-electron chi connectivity index (χ0n) is 12.4. The Labute approximate surface area is 131 Å². The average molecular weight is 329 g/mol. The lowest BCUT2D eigenvalue weighted by molar-refractivity contribution is -0.122. The molecule has 1 saturated heterocycles. The van der Waals surface area contributed by atoms with Crippen LogP contribution in [0.1, 0.15) is 24.8 Å².